The number of piperazine rings is 1. The average Bonchev–Trinajstić information content (AvgIpc) is 2.85. The Kier molecular flexibility index (Phi) is 5.01. The quantitative estimate of drug-likeness (QED) is 0.631. The van der Waals surface area contributed by atoms with Gasteiger partial charge in [-0.1, -0.05) is 17.7 Å². The number of ether oxygens (including phenoxy) is 1. The number of benzene rings is 2. The second-order valence-electron chi connectivity index (χ2n) is 8.79. The molecule has 3 heterocycles. The van der Waals surface area contributed by atoms with Gasteiger partial charge < -0.3 is 14.5 Å². The van der Waals surface area contributed by atoms with E-state index in [9.17, 15) is 14.4 Å². The second-order valence-corrected chi connectivity index (χ2v) is 9.22. The molecule has 5 rings (SSSR count). The van der Waals surface area contributed by atoms with E-state index in [0.717, 1.165) is 32.5 Å². The Balaban J connectivity index is 1.62. The Labute approximate surface area is 197 Å². The van der Waals surface area contributed by atoms with Gasteiger partial charge >= 0.3 is 6.03 Å². The summed E-state index contributed by atoms with van der Waals surface area (Å²) in [4.78, 5) is 46.4. The minimum atomic E-state index is -1.40. The summed E-state index contributed by atoms with van der Waals surface area (Å²) in [6.45, 7) is 1.76. The maximum atomic E-state index is 13.7. The first kappa shape index (κ1) is 21.6. The zero-order chi connectivity index (χ0) is 23.5. The minimum absolute atomic E-state index is 0.219. The van der Waals surface area contributed by atoms with Crippen molar-refractivity contribution in [3.05, 3.63) is 53.1 Å². The summed E-state index contributed by atoms with van der Waals surface area (Å²) >= 11 is 6.32. The summed E-state index contributed by atoms with van der Waals surface area (Å²) in [6, 6.07) is 12.2. The van der Waals surface area contributed by atoms with Gasteiger partial charge in [0, 0.05) is 50.1 Å². The third kappa shape index (κ3) is 3.08. The predicted octanol–water partition coefficient (Wildman–Crippen LogP) is 2.64. The van der Waals surface area contributed by atoms with Crippen molar-refractivity contribution in [3.63, 3.8) is 0 Å². The summed E-state index contributed by atoms with van der Waals surface area (Å²) in [6.07, 6.45) is 0.219. The van der Waals surface area contributed by atoms with Crippen molar-refractivity contribution in [2.75, 3.05) is 50.6 Å². The number of fused-ring (bicyclic) bond motifs is 4. The van der Waals surface area contributed by atoms with Gasteiger partial charge in [-0.3, -0.25) is 19.4 Å². The number of amides is 4. The van der Waals surface area contributed by atoms with Crippen LogP contribution in [0.25, 0.3) is 0 Å². The van der Waals surface area contributed by atoms with E-state index in [0.29, 0.717) is 24.7 Å². The molecule has 1 spiro atoms. The molecule has 172 valence electrons. The molecule has 0 N–H and O–H groups in total. The van der Waals surface area contributed by atoms with Gasteiger partial charge in [-0.05, 0) is 48.4 Å². The first-order valence-electron chi connectivity index (χ1n) is 10.8. The van der Waals surface area contributed by atoms with E-state index >= 15 is 0 Å². The number of methoxy groups -OCH3 is 1. The molecular weight excluding hydrogens is 444 g/mol. The van der Waals surface area contributed by atoms with Crippen molar-refractivity contribution < 1.29 is 19.1 Å². The Hall–Kier alpha value is -3.26. The predicted molar refractivity (Wildman–Crippen MR) is 125 cm³/mol. The molecule has 3 aliphatic rings. The van der Waals surface area contributed by atoms with Crippen LogP contribution in [-0.2, 0) is 16.0 Å². The monoisotopic (exact) mass is 468 g/mol. The summed E-state index contributed by atoms with van der Waals surface area (Å²) in [7, 11) is 4.51. The van der Waals surface area contributed by atoms with Crippen molar-refractivity contribution in [2.24, 2.45) is 5.41 Å². The molecule has 2 saturated heterocycles. The van der Waals surface area contributed by atoms with Crippen LogP contribution in [0, 0.1) is 5.41 Å². The zero-order valence-corrected chi connectivity index (χ0v) is 19.5. The van der Waals surface area contributed by atoms with Crippen molar-refractivity contribution >= 4 is 40.8 Å². The highest BCUT2D eigenvalue weighted by Crippen LogP contribution is 2.47. The Morgan fingerprint density at radius 1 is 0.970 bits per heavy atom. The van der Waals surface area contributed by atoms with Crippen LogP contribution in [0.3, 0.4) is 0 Å². The molecule has 4 amide bonds. The molecule has 3 aliphatic heterocycles. The number of carbonyl (C=O) groups excluding carboxylic acids is 3. The highest BCUT2D eigenvalue weighted by atomic mass is 35.5. The number of urea groups is 1. The summed E-state index contributed by atoms with van der Waals surface area (Å²) in [5.41, 5.74) is 1.40. The number of hydrogen-bond acceptors (Lipinski definition) is 6. The van der Waals surface area contributed by atoms with Crippen LogP contribution in [-0.4, -0.2) is 74.5 Å². The molecule has 2 aromatic rings. The molecule has 0 aliphatic carbocycles. The molecule has 0 aromatic heterocycles. The number of imide groups is 2. The lowest BCUT2D eigenvalue weighted by molar-refractivity contribution is -0.159. The van der Waals surface area contributed by atoms with E-state index in [4.69, 9.17) is 16.3 Å². The summed E-state index contributed by atoms with van der Waals surface area (Å²) in [5.74, 6) is -0.153. The van der Waals surface area contributed by atoms with Crippen molar-refractivity contribution in [1.82, 2.24) is 9.80 Å². The van der Waals surface area contributed by atoms with Gasteiger partial charge in [0.05, 0.1) is 13.2 Å². The largest absolute Gasteiger partial charge is 0.497 e. The Bertz CT molecular complexity index is 1130. The third-order valence-electron chi connectivity index (χ3n) is 7.16. The number of anilines is 2. The first-order valence-corrected chi connectivity index (χ1v) is 11.2. The first-order chi connectivity index (χ1) is 15.8. The number of rotatable bonds is 2. The normalized spacial score (nSPS) is 21.9. The molecule has 0 radical (unpaired) electrons. The smallest absolute Gasteiger partial charge is 0.332 e. The van der Waals surface area contributed by atoms with Gasteiger partial charge in [0.2, 0.25) is 11.8 Å². The molecule has 1 atom stereocenters. The maximum Gasteiger partial charge on any atom is 0.332 e. The van der Waals surface area contributed by atoms with Gasteiger partial charge in [0.15, 0.2) is 5.41 Å². The number of halogens is 1. The maximum absolute atomic E-state index is 13.7. The fourth-order valence-corrected chi connectivity index (χ4v) is 5.58. The molecule has 0 saturated carbocycles. The number of hydrogen-bond donors (Lipinski definition) is 0. The van der Waals surface area contributed by atoms with Gasteiger partial charge in [-0.25, -0.2) is 4.79 Å². The van der Waals surface area contributed by atoms with Crippen molar-refractivity contribution in [1.29, 1.82) is 0 Å². The van der Waals surface area contributed by atoms with Crippen molar-refractivity contribution in [2.45, 2.75) is 12.5 Å². The third-order valence-corrected chi connectivity index (χ3v) is 7.39. The lowest BCUT2D eigenvalue weighted by Gasteiger charge is -2.56. The van der Waals surface area contributed by atoms with Crippen molar-refractivity contribution in [3.8, 4) is 5.75 Å². The molecule has 9 heteroatoms. The number of carbonyl (C=O) groups is 3. The standard InChI is InChI=1S/C24H25ClN4O4/c1-26-21(30)24(22(31)27(2)23(26)32)13-15-4-5-16(25)12-19(15)29-11-10-28(14-20(24)29)17-6-8-18(33-3)9-7-17/h4-9,12,20H,10-11,13-14H2,1-3H3/t20-/m0/s1. The van der Waals surface area contributed by atoms with Crippen LogP contribution >= 0.6 is 11.6 Å². The summed E-state index contributed by atoms with van der Waals surface area (Å²) in [5, 5.41) is 0.603. The van der Waals surface area contributed by atoms with Crippen LogP contribution < -0.4 is 14.5 Å². The van der Waals surface area contributed by atoms with E-state index < -0.39 is 29.3 Å². The van der Waals surface area contributed by atoms with E-state index in [1.54, 1.807) is 13.2 Å². The molecule has 0 bridgehead atoms. The summed E-state index contributed by atoms with van der Waals surface area (Å²) < 4.78 is 5.27. The van der Waals surface area contributed by atoms with Crippen LogP contribution in [0.4, 0.5) is 16.2 Å². The second kappa shape index (κ2) is 7.66. The molecule has 2 aromatic carbocycles. The van der Waals surface area contributed by atoms with Gasteiger partial charge in [-0.15, -0.1) is 0 Å². The fraction of sp³-hybridized carbons (Fsp3) is 0.375. The van der Waals surface area contributed by atoms with E-state index in [1.807, 2.05) is 36.4 Å². The van der Waals surface area contributed by atoms with Crippen LogP contribution in [0.1, 0.15) is 5.56 Å². The van der Waals surface area contributed by atoms with Gasteiger partial charge in [0.25, 0.3) is 0 Å². The lowest BCUT2D eigenvalue weighted by atomic mass is 9.67. The molecule has 0 unspecified atom stereocenters. The van der Waals surface area contributed by atoms with E-state index in [2.05, 4.69) is 9.80 Å². The topological polar surface area (TPSA) is 73.4 Å². The number of barbiturate groups is 1. The van der Waals surface area contributed by atoms with Crippen LogP contribution in [0.15, 0.2) is 42.5 Å². The molecule has 33 heavy (non-hydrogen) atoms. The molecule has 8 nitrogen and oxygen atoms in total. The van der Waals surface area contributed by atoms with Gasteiger partial charge in [0.1, 0.15) is 5.75 Å². The lowest BCUT2D eigenvalue weighted by Crippen LogP contribution is -2.74. The van der Waals surface area contributed by atoms with Gasteiger partial charge in [-0.2, -0.15) is 0 Å². The SMILES string of the molecule is COc1ccc(N2CCN3c4cc(Cl)ccc4CC4(C(=O)N(C)C(=O)N(C)C4=O)[C@@H]3C2)cc1. The number of nitrogens with zero attached hydrogens (tertiary/aromatic N) is 4. The fourth-order valence-electron chi connectivity index (χ4n) is 5.42. The van der Waals surface area contributed by atoms with E-state index in [1.165, 1.54) is 14.1 Å². The zero-order valence-electron chi connectivity index (χ0n) is 18.7. The van der Waals surface area contributed by atoms with Crippen LogP contribution in [0.5, 0.6) is 5.75 Å². The molecule has 2 fully saturated rings. The highest BCUT2D eigenvalue weighted by molar-refractivity contribution is 6.31. The molecular formula is C24H25ClN4O4. The highest BCUT2D eigenvalue weighted by Gasteiger charge is 2.63. The minimum Gasteiger partial charge on any atom is -0.497 e. The van der Waals surface area contributed by atoms with E-state index in [-0.39, 0.29) is 6.42 Å². The Morgan fingerprint density at radius 3 is 2.27 bits per heavy atom. The Morgan fingerprint density at radius 2 is 1.64 bits per heavy atom. The van der Waals surface area contributed by atoms with Crippen LogP contribution in [0.2, 0.25) is 5.02 Å². The average molecular weight is 469 g/mol.